The van der Waals surface area contributed by atoms with Crippen molar-refractivity contribution in [2.75, 3.05) is 0 Å². The Morgan fingerprint density at radius 3 is 1.50 bits per heavy atom. The van der Waals surface area contributed by atoms with E-state index in [1.54, 1.807) is 0 Å². The van der Waals surface area contributed by atoms with Gasteiger partial charge in [0.05, 0.1) is 0 Å². The van der Waals surface area contributed by atoms with Gasteiger partial charge < -0.3 is 0 Å². The largest absolute Gasteiger partial charge is 0.146 e. The van der Waals surface area contributed by atoms with Gasteiger partial charge in [-0.2, -0.15) is 0 Å². The fraction of sp³-hybridized carbons (Fsp3) is 0.619. The molecular weight excluding hydrogens is 280 g/mol. The quantitative estimate of drug-likeness (QED) is 0.438. The van der Waals surface area contributed by atoms with Crippen LogP contribution in [0.1, 0.15) is 73.4 Å². The summed E-state index contributed by atoms with van der Waals surface area (Å²) in [5, 5.41) is 0. The number of rotatable bonds is 3. The molecule has 0 heterocycles. The summed E-state index contributed by atoms with van der Waals surface area (Å²) in [7, 11) is -1.62. The lowest BCUT2D eigenvalue weighted by Crippen LogP contribution is -2.43. The Morgan fingerprint density at radius 2 is 1.18 bits per heavy atom. The number of benzene rings is 1. The Kier molecular flexibility index (Phi) is 6.10. The first kappa shape index (κ1) is 19.0. The SMILES string of the molecule is CC(C)[Si](C#Cc1ccc(C(C)(C)C)cc1)(C(C)C)C(C)C. The van der Waals surface area contributed by atoms with E-state index in [9.17, 15) is 0 Å². The van der Waals surface area contributed by atoms with Gasteiger partial charge in [-0.1, -0.05) is 80.4 Å². The van der Waals surface area contributed by atoms with Gasteiger partial charge in [-0.05, 0) is 39.7 Å². The van der Waals surface area contributed by atoms with Gasteiger partial charge in [0, 0.05) is 5.56 Å². The number of hydrogen-bond acceptors (Lipinski definition) is 0. The highest BCUT2D eigenvalue weighted by molar-refractivity contribution is 6.90. The molecule has 0 fully saturated rings. The second-order valence-corrected chi connectivity index (χ2v) is 14.1. The third kappa shape index (κ3) is 4.05. The van der Waals surface area contributed by atoms with Crippen molar-refractivity contribution in [1.82, 2.24) is 0 Å². The summed E-state index contributed by atoms with van der Waals surface area (Å²) in [6.45, 7) is 20.9. The van der Waals surface area contributed by atoms with Crippen LogP contribution in [0.2, 0.25) is 16.6 Å². The van der Waals surface area contributed by atoms with Gasteiger partial charge in [0.25, 0.3) is 0 Å². The average molecular weight is 315 g/mol. The molecule has 0 unspecified atom stereocenters. The molecule has 122 valence electrons. The molecule has 1 rings (SSSR count). The Labute approximate surface area is 139 Å². The van der Waals surface area contributed by atoms with Gasteiger partial charge in [-0.15, -0.1) is 5.54 Å². The Balaban J connectivity index is 3.19. The summed E-state index contributed by atoms with van der Waals surface area (Å²) >= 11 is 0. The van der Waals surface area contributed by atoms with Crippen molar-refractivity contribution in [3.63, 3.8) is 0 Å². The topological polar surface area (TPSA) is 0 Å². The van der Waals surface area contributed by atoms with E-state index in [4.69, 9.17) is 0 Å². The lowest BCUT2D eigenvalue weighted by atomic mass is 9.87. The van der Waals surface area contributed by atoms with Crippen molar-refractivity contribution in [3.05, 3.63) is 35.4 Å². The van der Waals surface area contributed by atoms with Crippen LogP contribution >= 0.6 is 0 Å². The predicted molar refractivity (Wildman–Crippen MR) is 103 cm³/mol. The van der Waals surface area contributed by atoms with E-state index in [-0.39, 0.29) is 5.41 Å². The first-order chi connectivity index (χ1) is 10.0. The summed E-state index contributed by atoms with van der Waals surface area (Å²) in [5.41, 5.74) is 8.60. The lowest BCUT2D eigenvalue weighted by molar-refractivity contribution is 0.590. The zero-order valence-corrected chi connectivity index (χ0v) is 17.0. The standard InChI is InChI=1S/C21H34Si/c1-16(2)22(17(3)4,18(5)6)15-14-19-10-12-20(13-11-19)21(7,8)9/h10-13,16-18H,1-9H3. The molecule has 0 saturated carbocycles. The van der Waals surface area contributed by atoms with Crippen LogP contribution in [-0.2, 0) is 5.41 Å². The van der Waals surface area contributed by atoms with Crippen LogP contribution in [0.5, 0.6) is 0 Å². The fourth-order valence-corrected chi connectivity index (χ4v) is 8.89. The molecule has 0 radical (unpaired) electrons. The highest BCUT2D eigenvalue weighted by Gasteiger charge is 2.41. The molecule has 22 heavy (non-hydrogen) atoms. The van der Waals surface area contributed by atoms with Gasteiger partial charge in [-0.3, -0.25) is 0 Å². The zero-order valence-electron chi connectivity index (χ0n) is 16.0. The first-order valence-electron chi connectivity index (χ1n) is 8.65. The van der Waals surface area contributed by atoms with Gasteiger partial charge in [0.2, 0.25) is 0 Å². The molecule has 0 N–H and O–H groups in total. The van der Waals surface area contributed by atoms with Crippen LogP contribution in [0.3, 0.4) is 0 Å². The van der Waals surface area contributed by atoms with E-state index in [1.807, 2.05) is 0 Å². The lowest BCUT2D eigenvalue weighted by Gasteiger charge is -2.38. The highest BCUT2D eigenvalue weighted by Crippen LogP contribution is 2.40. The molecule has 1 aromatic rings. The molecule has 0 bridgehead atoms. The molecule has 0 atom stereocenters. The van der Waals surface area contributed by atoms with Crippen LogP contribution in [0.15, 0.2) is 24.3 Å². The van der Waals surface area contributed by atoms with Crippen molar-refractivity contribution in [2.24, 2.45) is 0 Å². The molecule has 0 spiro atoms. The predicted octanol–water partition coefficient (Wildman–Crippen LogP) is 6.55. The summed E-state index contributed by atoms with van der Waals surface area (Å²) in [4.78, 5) is 0. The maximum absolute atomic E-state index is 3.79. The third-order valence-electron chi connectivity index (χ3n) is 5.04. The van der Waals surface area contributed by atoms with Gasteiger partial charge in [-0.25, -0.2) is 0 Å². The molecule has 0 aliphatic rings. The van der Waals surface area contributed by atoms with Crippen LogP contribution in [-0.4, -0.2) is 8.07 Å². The van der Waals surface area contributed by atoms with Crippen LogP contribution in [0.25, 0.3) is 0 Å². The molecule has 1 aromatic carbocycles. The Morgan fingerprint density at radius 1 is 0.773 bits per heavy atom. The molecule has 0 amide bonds. The molecular formula is C21H34Si. The minimum Gasteiger partial charge on any atom is -0.125 e. The average Bonchev–Trinajstić information content (AvgIpc) is 2.37. The number of hydrogen-bond donors (Lipinski definition) is 0. The molecule has 0 aliphatic carbocycles. The molecule has 0 aromatic heterocycles. The van der Waals surface area contributed by atoms with E-state index in [0.717, 1.165) is 5.56 Å². The maximum Gasteiger partial charge on any atom is 0.146 e. The van der Waals surface area contributed by atoms with E-state index in [1.165, 1.54) is 5.56 Å². The van der Waals surface area contributed by atoms with Gasteiger partial charge in [0.1, 0.15) is 8.07 Å². The van der Waals surface area contributed by atoms with E-state index in [2.05, 4.69) is 98.0 Å². The Hall–Kier alpha value is -1.00. The zero-order chi connectivity index (χ0) is 17.1. The molecule has 0 nitrogen and oxygen atoms in total. The normalized spacial score (nSPS) is 12.7. The minimum absolute atomic E-state index is 0.207. The molecule has 0 aliphatic heterocycles. The van der Waals surface area contributed by atoms with Crippen LogP contribution < -0.4 is 0 Å². The Bertz CT molecular complexity index is 508. The molecule has 0 saturated heterocycles. The minimum atomic E-state index is -1.62. The second kappa shape index (κ2) is 7.05. The van der Waals surface area contributed by atoms with Crippen molar-refractivity contribution in [3.8, 4) is 11.5 Å². The van der Waals surface area contributed by atoms with Crippen molar-refractivity contribution >= 4 is 8.07 Å². The van der Waals surface area contributed by atoms with Crippen molar-refractivity contribution in [1.29, 1.82) is 0 Å². The van der Waals surface area contributed by atoms with Crippen LogP contribution in [0, 0.1) is 11.5 Å². The summed E-state index contributed by atoms with van der Waals surface area (Å²) < 4.78 is 0. The summed E-state index contributed by atoms with van der Waals surface area (Å²) in [5.74, 6) is 3.52. The fourth-order valence-electron chi connectivity index (χ4n) is 3.67. The van der Waals surface area contributed by atoms with Gasteiger partial charge in [0.15, 0.2) is 0 Å². The van der Waals surface area contributed by atoms with Crippen molar-refractivity contribution < 1.29 is 0 Å². The third-order valence-corrected chi connectivity index (χ3v) is 11.3. The van der Waals surface area contributed by atoms with Gasteiger partial charge >= 0.3 is 0 Å². The van der Waals surface area contributed by atoms with E-state index in [0.29, 0.717) is 16.6 Å². The second-order valence-electron chi connectivity index (χ2n) is 8.47. The maximum atomic E-state index is 3.79. The summed E-state index contributed by atoms with van der Waals surface area (Å²) in [6, 6.07) is 8.84. The van der Waals surface area contributed by atoms with Crippen molar-refractivity contribution in [2.45, 2.75) is 84.4 Å². The smallest absolute Gasteiger partial charge is 0.125 e. The summed E-state index contributed by atoms with van der Waals surface area (Å²) in [6.07, 6.45) is 0. The monoisotopic (exact) mass is 314 g/mol. The molecule has 1 heteroatoms. The first-order valence-corrected chi connectivity index (χ1v) is 10.9. The van der Waals surface area contributed by atoms with E-state index >= 15 is 0 Å². The highest BCUT2D eigenvalue weighted by atomic mass is 28.3. The van der Waals surface area contributed by atoms with E-state index < -0.39 is 8.07 Å². The van der Waals surface area contributed by atoms with Crippen LogP contribution in [0.4, 0.5) is 0 Å².